The molecule has 1 aliphatic rings. The third kappa shape index (κ3) is 4.01. The van der Waals surface area contributed by atoms with Gasteiger partial charge in [0.1, 0.15) is 5.41 Å². The zero-order valence-electron chi connectivity index (χ0n) is 11.3. The minimum atomic E-state index is -0.707. The number of hydrogen-bond acceptors (Lipinski definition) is 3. The van der Waals surface area contributed by atoms with E-state index in [4.69, 9.17) is 5.26 Å². The first-order valence-corrected chi connectivity index (χ1v) is 6.26. The lowest BCUT2D eigenvalue weighted by atomic mass is 10.0. The van der Waals surface area contributed by atoms with Gasteiger partial charge in [-0.1, -0.05) is 13.8 Å². The Kier molecular flexibility index (Phi) is 4.53. The fourth-order valence-electron chi connectivity index (χ4n) is 2.03. The molecule has 4 heteroatoms. The summed E-state index contributed by atoms with van der Waals surface area (Å²) in [6.45, 7) is 5.11. The highest BCUT2D eigenvalue weighted by molar-refractivity contribution is 5.88. The molecular formula is C13H23N3O. The van der Waals surface area contributed by atoms with Gasteiger partial charge in [0.2, 0.25) is 5.91 Å². The fraction of sp³-hybridized carbons (Fsp3) is 0.846. The Morgan fingerprint density at radius 2 is 2.06 bits per heavy atom. The van der Waals surface area contributed by atoms with Gasteiger partial charge >= 0.3 is 0 Å². The van der Waals surface area contributed by atoms with Crippen molar-refractivity contribution in [3.63, 3.8) is 0 Å². The van der Waals surface area contributed by atoms with Gasteiger partial charge in [0, 0.05) is 12.6 Å². The second-order valence-corrected chi connectivity index (χ2v) is 5.76. The molecule has 0 aromatic carbocycles. The Labute approximate surface area is 104 Å². The highest BCUT2D eigenvalue weighted by Gasteiger charge is 2.51. The van der Waals surface area contributed by atoms with Crippen molar-refractivity contribution in [2.75, 3.05) is 20.6 Å². The highest BCUT2D eigenvalue weighted by Crippen LogP contribution is 2.45. The minimum absolute atomic E-state index is 0.0764. The SMILES string of the molecule is CC(C)CC(CN(C)C)NC(=O)C1(C#N)CC1. The largest absolute Gasteiger partial charge is 0.351 e. The summed E-state index contributed by atoms with van der Waals surface area (Å²) in [5.74, 6) is 0.463. The number of nitrogens with zero attached hydrogens (tertiary/aromatic N) is 2. The molecule has 0 radical (unpaired) electrons. The molecule has 0 aliphatic heterocycles. The van der Waals surface area contributed by atoms with Gasteiger partial charge < -0.3 is 10.2 Å². The van der Waals surface area contributed by atoms with Crippen molar-refractivity contribution in [1.82, 2.24) is 10.2 Å². The zero-order valence-corrected chi connectivity index (χ0v) is 11.3. The predicted octanol–water partition coefficient (Wildman–Crippen LogP) is 1.38. The van der Waals surface area contributed by atoms with Gasteiger partial charge in [-0.25, -0.2) is 0 Å². The van der Waals surface area contributed by atoms with Crippen LogP contribution in [0.2, 0.25) is 0 Å². The molecule has 1 fully saturated rings. The van der Waals surface area contributed by atoms with Gasteiger partial charge in [-0.2, -0.15) is 5.26 Å². The molecule has 4 nitrogen and oxygen atoms in total. The summed E-state index contributed by atoms with van der Waals surface area (Å²) in [6, 6.07) is 2.28. The van der Waals surface area contributed by atoms with Crippen molar-refractivity contribution in [2.45, 2.75) is 39.2 Å². The van der Waals surface area contributed by atoms with E-state index in [1.807, 2.05) is 14.1 Å². The smallest absolute Gasteiger partial charge is 0.240 e. The maximum atomic E-state index is 12.0. The van der Waals surface area contributed by atoms with E-state index in [1.54, 1.807) is 0 Å². The number of carbonyl (C=O) groups excluding carboxylic acids is 1. The number of nitrogens with one attached hydrogen (secondary N) is 1. The summed E-state index contributed by atoms with van der Waals surface area (Å²) in [7, 11) is 3.99. The maximum absolute atomic E-state index is 12.0. The fourth-order valence-corrected chi connectivity index (χ4v) is 2.03. The molecule has 0 bridgehead atoms. The van der Waals surface area contributed by atoms with Crippen LogP contribution in [-0.4, -0.2) is 37.5 Å². The molecule has 1 atom stereocenters. The van der Waals surface area contributed by atoms with E-state index in [9.17, 15) is 4.79 Å². The summed E-state index contributed by atoms with van der Waals surface area (Å²) < 4.78 is 0. The van der Waals surface area contributed by atoms with Crippen LogP contribution in [0.4, 0.5) is 0 Å². The summed E-state index contributed by atoms with van der Waals surface area (Å²) in [5, 5.41) is 12.0. The Bertz CT molecular complexity index is 303. The molecule has 1 amide bonds. The van der Waals surface area contributed by atoms with E-state index in [0.717, 1.165) is 13.0 Å². The normalized spacial score (nSPS) is 18.9. The average Bonchev–Trinajstić information content (AvgIpc) is 2.95. The van der Waals surface area contributed by atoms with Crippen molar-refractivity contribution in [2.24, 2.45) is 11.3 Å². The van der Waals surface area contributed by atoms with Crippen molar-refractivity contribution >= 4 is 5.91 Å². The second-order valence-electron chi connectivity index (χ2n) is 5.76. The van der Waals surface area contributed by atoms with Crippen molar-refractivity contribution in [3.8, 4) is 6.07 Å². The Hall–Kier alpha value is -1.08. The minimum Gasteiger partial charge on any atom is -0.351 e. The van der Waals surface area contributed by atoms with Gasteiger partial charge in [0.15, 0.2) is 0 Å². The van der Waals surface area contributed by atoms with Crippen LogP contribution in [0.15, 0.2) is 0 Å². The monoisotopic (exact) mass is 237 g/mol. The molecule has 1 rings (SSSR count). The number of carbonyl (C=O) groups is 1. The van der Waals surface area contributed by atoms with E-state index >= 15 is 0 Å². The number of hydrogen-bond donors (Lipinski definition) is 1. The van der Waals surface area contributed by atoms with Crippen molar-refractivity contribution < 1.29 is 4.79 Å². The molecule has 1 saturated carbocycles. The van der Waals surface area contributed by atoms with Crippen LogP contribution in [0.3, 0.4) is 0 Å². The molecule has 0 spiro atoms. The van der Waals surface area contributed by atoms with E-state index in [2.05, 4.69) is 30.1 Å². The van der Waals surface area contributed by atoms with Gasteiger partial charge in [0.05, 0.1) is 6.07 Å². The molecule has 96 valence electrons. The van der Waals surface area contributed by atoms with Crippen molar-refractivity contribution in [3.05, 3.63) is 0 Å². The summed E-state index contributed by atoms with van der Waals surface area (Å²) in [6.07, 6.45) is 2.38. The van der Waals surface area contributed by atoms with Crippen LogP contribution >= 0.6 is 0 Å². The first-order valence-electron chi connectivity index (χ1n) is 6.26. The lowest BCUT2D eigenvalue weighted by Crippen LogP contribution is -2.45. The predicted molar refractivity (Wildman–Crippen MR) is 67.2 cm³/mol. The summed E-state index contributed by atoms with van der Waals surface area (Å²) >= 11 is 0. The van der Waals surface area contributed by atoms with Gasteiger partial charge in [-0.3, -0.25) is 4.79 Å². The highest BCUT2D eigenvalue weighted by atomic mass is 16.2. The molecule has 0 aromatic heterocycles. The molecular weight excluding hydrogens is 214 g/mol. The van der Waals surface area contributed by atoms with Crippen LogP contribution in [0.25, 0.3) is 0 Å². The topological polar surface area (TPSA) is 56.1 Å². The lowest BCUT2D eigenvalue weighted by molar-refractivity contribution is -0.125. The molecule has 1 unspecified atom stereocenters. The number of amides is 1. The summed E-state index contributed by atoms with van der Waals surface area (Å²) in [5.41, 5.74) is -0.707. The lowest BCUT2D eigenvalue weighted by Gasteiger charge is -2.24. The standard InChI is InChI=1S/C13H23N3O/c1-10(2)7-11(8-16(3)4)15-12(17)13(9-14)5-6-13/h10-11H,5-8H2,1-4H3,(H,15,17). The molecule has 1 aliphatic carbocycles. The van der Waals surface area contributed by atoms with Crippen LogP contribution in [0.5, 0.6) is 0 Å². The molecule has 0 aromatic rings. The van der Waals surface area contributed by atoms with E-state index < -0.39 is 5.41 Å². The van der Waals surface area contributed by atoms with Gasteiger partial charge in [-0.15, -0.1) is 0 Å². The van der Waals surface area contributed by atoms with Crippen LogP contribution in [-0.2, 0) is 4.79 Å². The first-order chi connectivity index (χ1) is 7.89. The third-order valence-electron chi connectivity index (χ3n) is 3.08. The quantitative estimate of drug-likeness (QED) is 0.759. The number of rotatable bonds is 6. The van der Waals surface area contributed by atoms with Gasteiger partial charge in [-0.05, 0) is 39.3 Å². The first kappa shape index (κ1) is 14.0. The number of likely N-dealkylation sites (N-methyl/N-ethyl adjacent to an activating group) is 1. The van der Waals surface area contributed by atoms with Crippen LogP contribution in [0.1, 0.15) is 33.1 Å². The van der Waals surface area contributed by atoms with Gasteiger partial charge in [0.25, 0.3) is 0 Å². The Balaban J connectivity index is 2.54. The van der Waals surface area contributed by atoms with E-state index in [1.165, 1.54) is 0 Å². The zero-order chi connectivity index (χ0) is 13.1. The maximum Gasteiger partial charge on any atom is 0.240 e. The van der Waals surface area contributed by atoms with E-state index in [-0.39, 0.29) is 11.9 Å². The van der Waals surface area contributed by atoms with E-state index in [0.29, 0.717) is 18.8 Å². The Morgan fingerprint density at radius 3 is 2.41 bits per heavy atom. The summed E-state index contributed by atoms with van der Waals surface area (Å²) in [4.78, 5) is 14.0. The van der Waals surface area contributed by atoms with Crippen molar-refractivity contribution in [1.29, 1.82) is 5.26 Å². The molecule has 0 heterocycles. The molecule has 0 saturated heterocycles. The average molecular weight is 237 g/mol. The number of nitriles is 1. The van der Waals surface area contributed by atoms with Crippen LogP contribution < -0.4 is 5.32 Å². The Morgan fingerprint density at radius 1 is 1.47 bits per heavy atom. The third-order valence-corrected chi connectivity index (χ3v) is 3.08. The van der Waals surface area contributed by atoms with Crippen LogP contribution in [0, 0.1) is 22.7 Å². The second kappa shape index (κ2) is 5.50. The molecule has 1 N–H and O–H groups in total. The molecule has 17 heavy (non-hydrogen) atoms.